The minimum Gasteiger partial charge on any atom is -0.382 e. The number of nitrogens with zero attached hydrogens (tertiary/aromatic N) is 1. The summed E-state index contributed by atoms with van der Waals surface area (Å²) in [5, 5.41) is 0. The molecule has 3 atom stereocenters. The molecule has 0 saturated heterocycles. The van der Waals surface area contributed by atoms with Gasteiger partial charge in [-0.3, -0.25) is 4.98 Å². The van der Waals surface area contributed by atoms with Crippen LogP contribution in [0, 0.1) is 0 Å². The number of aromatic nitrogens is 1. The van der Waals surface area contributed by atoms with Crippen LogP contribution >= 0.6 is 0 Å². The molecule has 3 unspecified atom stereocenters. The third kappa shape index (κ3) is 3.09. The van der Waals surface area contributed by atoms with Gasteiger partial charge in [-0.2, -0.15) is 0 Å². The molecule has 0 bridgehead atoms. The molecule has 0 aliphatic heterocycles. The standard InChI is InChI=1S/C15H24N2O/c1-11(18-2)8-9-14(16)13-7-3-5-12-6-4-10-17-15(12)13/h4,6,10-11,13-14H,3,5,7-9,16H2,1-2H3. The van der Waals surface area contributed by atoms with E-state index in [1.807, 2.05) is 12.3 Å². The van der Waals surface area contributed by atoms with Gasteiger partial charge in [0.1, 0.15) is 0 Å². The number of fused-ring (bicyclic) bond motifs is 1. The molecule has 0 radical (unpaired) electrons. The van der Waals surface area contributed by atoms with E-state index in [9.17, 15) is 0 Å². The lowest BCUT2D eigenvalue weighted by atomic mass is 9.80. The molecule has 1 aromatic heterocycles. The van der Waals surface area contributed by atoms with Crippen molar-refractivity contribution in [3.05, 3.63) is 29.6 Å². The van der Waals surface area contributed by atoms with Crippen LogP contribution in [-0.4, -0.2) is 24.2 Å². The van der Waals surface area contributed by atoms with E-state index in [4.69, 9.17) is 10.5 Å². The summed E-state index contributed by atoms with van der Waals surface area (Å²) in [7, 11) is 1.76. The van der Waals surface area contributed by atoms with E-state index in [1.54, 1.807) is 7.11 Å². The number of rotatable bonds is 5. The minimum atomic E-state index is 0.205. The van der Waals surface area contributed by atoms with E-state index in [0.29, 0.717) is 12.0 Å². The number of pyridine rings is 1. The lowest BCUT2D eigenvalue weighted by Gasteiger charge is -2.29. The number of nitrogens with two attached hydrogens (primary N) is 1. The Labute approximate surface area is 110 Å². The largest absolute Gasteiger partial charge is 0.382 e. The first-order valence-electron chi connectivity index (χ1n) is 6.94. The highest BCUT2D eigenvalue weighted by atomic mass is 16.5. The second kappa shape index (κ2) is 6.30. The van der Waals surface area contributed by atoms with Gasteiger partial charge in [-0.1, -0.05) is 6.07 Å². The van der Waals surface area contributed by atoms with Gasteiger partial charge in [0.25, 0.3) is 0 Å². The monoisotopic (exact) mass is 248 g/mol. The molecule has 0 aromatic carbocycles. The molecule has 1 aliphatic rings. The van der Waals surface area contributed by atoms with Crippen LogP contribution in [0.3, 0.4) is 0 Å². The second-order valence-electron chi connectivity index (χ2n) is 5.33. The maximum Gasteiger partial charge on any atom is 0.0543 e. The fourth-order valence-corrected chi connectivity index (χ4v) is 2.81. The van der Waals surface area contributed by atoms with Crippen LogP contribution in [0.25, 0.3) is 0 Å². The first-order valence-corrected chi connectivity index (χ1v) is 6.94. The summed E-state index contributed by atoms with van der Waals surface area (Å²) < 4.78 is 5.29. The Kier molecular flexibility index (Phi) is 4.72. The van der Waals surface area contributed by atoms with E-state index in [0.717, 1.165) is 19.3 Å². The summed E-state index contributed by atoms with van der Waals surface area (Å²) in [6, 6.07) is 4.43. The number of hydrogen-bond acceptors (Lipinski definition) is 3. The molecule has 3 heteroatoms. The van der Waals surface area contributed by atoms with Crippen LogP contribution in [0.5, 0.6) is 0 Å². The van der Waals surface area contributed by atoms with Crippen molar-refractivity contribution in [2.75, 3.05) is 7.11 Å². The molecule has 2 N–H and O–H groups in total. The Morgan fingerprint density at radius 2 is 2.33 bits per heavy atom. The van der Waals surface area contributed by atoms with Crippen molar-refractivity contribution in [3.63, 3.8) is 0 Å². The van der Waals surface area contributed by atoms with Gasteiger partial charge >= 0.3 is 0 Å². The molecule has 1 aliphatic carbocycles. The van der Waals surface area contributed by atoms with Crippen LogP contribution in [0.15, 0.2) is 18.3 Å². The van der Waals surface area contributed by atoms with Gasteiger partial charge in [0.15, 0.2) is 0 Å². The Morgan fingerprint density at radius 1 is 1.50 bits per heavy atom. The summed E-state index contributed by atoms with van der Waals surface area (Å²) in [6.07, 6.45) is 7.78. The zero-order valence-electron chi connectivity index (χ0n) is 11.4. The van der Waals surface area contributed by atoms with Crippen molar-refractivity contribution in [1.29, 1.82) is 0 Å². The van der Waals surface area contributed by atoms with Gasteiger partial charge in [-0.25, -0.2) is 0 Å². The Bertz CT molecular complexity index is 381. The number of methoxy groups -OCH3 is 1. The molecule has 100 valence electrons. The van der Waals surface area contributed by atoms with Crippen molar-refractivity contribution in [3.8, 4) is 0 Å². The Balaban J connectivity index is 2.01. The van der Waals surface area contributed by atoms with E-state index in [-0.39, 0.29) is 6.04 Å². The van der Waals surface area contributed by atoms with Crippen molar-refractivity contribution < 1.29 is 4.74 Å². The smallest absolute Gasteiger partial charge is 0.0543 e. The van der Waals surface area contributed by atoms with Crippen molar-refractivity contribution in [1.82, 2.24) is 4.98 Å². The quantitative estimate of drug-likeness (QED) is 0.871. The molecule has 0 fully saturated rings. The Morgan fingerprint density at radius 3 is 3.11 bits per heavy atom. The second-order valence-corrected chi connectivity index (χ2v) is 5.33. The fraction of sp³-hybridized carbons (Fsp3) is 0.667. The van der Waals surface area contributed by atoms with Gasteiger partial charge in [-0.15, -0.1) is 0 Å². The van der Waals surface area contributed by atoms with Gasteiger partial charge < -0.3 is 10.5 Å². The molecule has 0 spiro atoms. The predicted octanol–water partition coefficient (Wildman–Crippen LogP) is 2.64. The zero-order chi connectivity index (χ0) is 13.0. The summed E-state index contributed by atoms with van der Waals surface area (Å²) in [5.41, 5.74) is 9.00. The van der Waals surface area contributed by atoms with Gasteiger partial charge in [-0.05, 0) is 50.7 Å². The molecule has 18 heavy (non-hydrogen) atoms. The Hall–Kier alpha value is -0.930. The minimum absolute atomic E-state index is 0.205. The van der Waals surface area contributed by atoms with Crippen molar-refractivity contribution in [2.45, 2.75) is 57.1 Å². The number of aryl methyl sites for hydroxylation is 1. The lowest BCUT2D eigenvalue weighted by Crippen LogP contribution is -2.32. The van der Waals surface area contributed by atoms with Crippen LogP contribution in [-0.2, 0) is 11.2 Å². The number of ether oxygens (including phenoxy) is 1. The summed E-state index contributed by atoms with van der Waals surface area (Å²) in [4.78, 5) is 4.56. The normalized spacial score (nSPS) is 22.3. The molecule has 0 saturated carbocycles. The fourth-order valence-electron chi connectivity index (χ4n) is 2.81. The highest BCUT2D eigenvalue weighted by Crippen LogP contribution is 2.33. The molecule has 2 rings (SSSR count). The van der Waals surface area contributed by atoms with E-state index >= 15 is 0 Å². The number of hydrogen-bond donors (Lipinski definition) is 1. The van der Waals surface area contributed by atoms with Crippen LogP contribution in [0.1, 0.15) is 49.8 Å². The summed E-state index contributed by atoms with van der Waals surface area (Å²) in [6.45, 7) is 2.10. The van der Waals surface area contributed by atoms with Gasteiger partial charge in [0.2, 0.25) is 0 Å². The van der Waals surface area contributed by atoms with E-state index in [2.05, 4.69) is 18.0 Å². The maximum absolute atomic E-state index is 6.37. The highest BCUT2D eigenvalue weighted by molar-refractivity contribution is 5.27. The average molecular weight is 248 g/mol. The molecular weight excluding hydrogens is 224 g/mol. The predicted molar refractivity (Wildman–Crippen MR) is 73.6 cm³/mol. The molecular formula is C15H24N2O. The first-order chi connectivity index (χ1) is 8.72. The topological polar surface area (TPSA) is 48.1 Å². The molecule has 3 nitrogen and oxygen atoms in total. The van der Waals surface area contributed by atoms with Crippen LogP contribution in [0.2, 0.25) is 0 Å². The lowest BCUT2D eigenvalue weighted by molar-refractivity contribution is 0.106. The van der Waals surface area contributed by atoms with Crippen LogP contribution < -0.4 is 5.73 Å². The van der Waals surface area contributed by atoms with Gasteiger partial charge in [0.05, 0.1) is 6.10 Å². The van der Waals surface area contributed by atoms with E-state index < -0.39 is 0 Å². The average Bonchev–Trinajstić information content (AvgIpc) is 2.43. The van der Waals surface area contributed by atoms with Crippen molar-refractivity contribution in [2.24, 2.45) is 5.73 Å². The molecule has 1 aromatic rings. The third-order valence-electron chi connectivity index (χ3n) is 4.06. The van der Waals surface area contributed by atoms with E-state index in [1.165, 1.54) is 24.1 Å². The zero-order valence-corrected chi connectivity index (χ0v) is 11.4. The van der Waals surface area contributed by atoms with Gasteiger partial charge in [0, 0.05) is 31.0 Å². The third-order valence-corrected chi connectivity index (χ3v) is 4.06. The highest BCUT2D eigenvalue weighted by Gasteiger charge is 2.26. The first kappa shape index (κ1) is 13.5. The maximum atomic E-state index is 6.37. The summed E-state index contributed by atoms with van der Waals surface area (Å²) in [5.74, 6) is 0.430. The summed E-state index contributed by atoms with van der Waals surface area (Å²) >= 11 is 0. The SMILES string of the molecule is COC(C)CCC(N)C1CCCc2cccnc21. The van der Waals surface area contributed by atoms with Crippen molar-refractivity contribution >= 4 is 0 Å². The molecule has 0 amide bonds. The molecule has 1 heterocycles. The van der Waals surface area contributed by atoms with Crippen LogP contribution in [0.4, 0.5) is 0 Å².